The summed E-state index contributed by atoms with van der Waals surface area (Å²) >= 11 is 2.78. The molecule has 0 bridgehead atoms. The van der Waals surface area contributed by atoms with E-state index in [4.69, 9.17) is 9.47 Å². The molecular weight excluding hydrogens is 388 g/mol. The SMILES string of the molecule is CCOC(=O)Cc1csc(NC(=O)COC(=O)c2csc3c2CCCC3)n1. The van der Waals surface area contributed by atoms with Gasteiger partial charge in [0, 0.05) is 15.6 Å². The second kappa shape index (κ2) is 9.09. The largest absolute Gasteiger partial charge is 0.466 e. The Bertz CT molecular complexity index is 843. The second-order valence-electron chi connectivity index (χ2n) is 6.01. The standard InChI is InChI=1S/C18H20N2O5S2/c1-2-24-16(22)7-11-9-27-18(19-11)20-15(21)8-25-17(23)13-10-26-14-6-4-3-5-12(13)14/h9-10H,2-8H2,1H3,(H,19,20,21). The number of esters is 2. The van der Waals surface area contributed by atoms with Crippen molar-refractivity contribution in [2.45, 2.75) is 39.0 Å². The van der Waals surface area contributed by atoms with Gasteiger partial charge in [-0.3, -0.25) is 14.9 Å². The highest BCUT2D eigenvalue weighted by Crippen LogP contribution is 2.30. The van der Waals surface area contributed by atoms with E-state index in [1.54, 1.807) is 23.6 Å². The molecule has 2 aromatic heterocycles. The van der Waals surface area contributed by atoms with Gasteiger partial charge < -0.3 is 9.47 Å². The van der Waals surface area contributed by atoms with Gasteiger partial charge in [0.15, 0.2) is 11.7 Å². The van der Waals surface area contributed by atoms with Crippen molar-refractivity contribution in [3.8, 4) is 0 Å². The monoisotopic (exact) mass is 408 g/mol. The molecule has 2 aromatic rings. The summed E-state index contributed by atoms with van der Waals surface area (Å²) in [5.74, 6) is -1.30. The summed E-state index contributed by atoms with van der Waals surface area (Å²) in [6.45, 7) is 1.67. The summed E-state index contributed by atoms with van der Waals surface area (Å²) in [5.41, 5.74) is 2.17. The number of anilines is 1. The van der Waals surface area contributed by atoms with Gasteiger partial charge in [-0.25, -0.2) is 9.78 Å². The zero-order valence-electron chi connectivity index (χ0n) is 14.9. The minimum atomic E-state index is -0.468. The van der Waals surface area contributed by atoms with Gasteiger partial charge in [0.2, 0.25) is 0 Å². The van der Waals surface area contributed by atoms with Crippen molar-refractivity contribution in [1.29, 1.82) is 0 Å². The van der Waals surface area contributed by atoms with Crippen LogP contribution in [0.3, 0.4) is 0 Å². The molecule has 0 spiro atoms. The van der Waals surface area contributed by atoms with Gasteiger partial charge in [0.25, 0.3) is 5.91 Å². The lowest BCUT2D eigenvalue weighted by Crippen LogP contribution is -2.21. The third-order valence-electron chi connectivity index (χ3n) is 4.04. The van der Waals surface area contributed by atoms with Crippen LogP contribution in [-0.2, 0) is 38.3 Å². The molecule has 0 saturated heterocycles. The first-order valence-corrected chi connectivity index (χ1v) is 10.5. The van der Waals surface area contributed by atoms with E-state index in [-0.39, 0.29) is 19.0 Å². The zero-order valence-corrected chi connectivity index (χ0v) is 16.5. The van der Waals surface area contributed by atoms with Crippen molar-refractivity contribution in [2.75, 3.05) is 18.5 Å². The van der Waals surface area contributed by atoms with Crippen molar-refractivity contribution in [1.82, 2.24) is 4.98 Å². The van der Waals surface area contributed by atoms with Crippen LogP contribution in [0, 0.1) is 0 Å². The zero-order chi connectivity index (χ0) is 19.2. The Balaban J connectivity index is 1.48. The molecule has 7 nitrogen and oxygen atoms in total. The predicted octanol–water partition coefficient (Wildman–Crippen LogP) is 2.98. The Labute approximate surface area is 164 Å². The molecule has 0 unspecified atom stereocenters. The molecule has 9 heteroatoms. The van der Waals surface area contributed by atoms with E-state index in [1.807, 2.05) is 5.38 Å². The van der Waals surface area contributed by atoms with E-state index in [9.17, 15) is 14.4 Å². The smallest absolute Gasteiger partial charge is 0.339 e. The van der Waals surface area contributed by atoms with E-state index in [1.165, 1.54) is 16.2 Å². The fourth-order valence-corrected chi connectivity index (χ4v) is 4.68. The Kier molecular flexibility index (Phi) is 6.57. The van der Waals surface area contributed by atoms with Gasteiger partial charge >= 0.3 is 11.9 Å². The first-order chi connectivity index (χ1) is 13.1. The molecular formula is C18H20N2O5S2. The summed E-state index contributed by atoms with van der Waals surface area (Å²) in [7, 11) is 0. The Morgan fingerprint density at radius 2 is 1.96 bits per heavy atom. The molecule has 0 fully saturated rings. The van der Waals surface area contributed by atoms with Crippen molar-refractivity contribution < 1.29 is 23.9 Å². The van der Waals surface area contributed by atoms with Crippen LogP contribution >= 0.6 is 22.7 Å². The number of aromatic nitrogens is 1. The average Bonchev–Trinajstić information content (AvgIpc) is 3.26. The topological polar surface area (TPSA) is 94.6 Å². The fourth-order valence-electron chi connectivity index (χ4n) is 2.83. The van der Waals surface area contributed by atoms with Crippen LogP contribution in [0.1, 0.15) is 46.3 Å². The van der Waals surface area contributed by atoms with Crippen LogP contribution in [0.25, 0.3) is 0 Å². The number of ether oxygens (including phenoxy) is 2. The number of rotatable bonds is 7. The van der Waals surface area contributed by atoms with Crippen molar-refractivity contribution in [3.05, 3.63) is 32.5 Å². The van der Waals surface area contributed by atoms with E-state index >= 15 is 0 Å². The molecule has 1 amide bonds. The number of nitrogens with one attached hydrogen (secondary N) is 1. The molecule has 2 heterocycles. The normalized spacial score (nSPS) is 12.9. The quantitative estimate of drug-likeness (QED) is 0.708. The van der Waals surface area contributed by atoms with Crippen molar-refractivity contribution in [2.24, 2.45) is 0 Å². The third-order valence-corrected chi connectivity index (χ3v) is 5.94. The van der Waals surface area contributed by atoms with Crippen LogP contribution in [0.15, 0.2) is 10.8 Å². The molecule has 1 aliphatic carbocycles. The lowest BCUT2D eigenvalue weighted by Gasteiger charge is -2.12. The number of nitrogens with zero attached hydrogens (tertiary/aromatic N) is 1. The number of amides is 1. The maximum absolute atomic E-state index is 12.3. The molecule has 0 aliphatic heterocycles. The van der Waals surface area contributed by atoms with Crippen LogP contribution in [0.2, 0.25) is 0 Å². The summed E-state index contributed by atoms with van der Waals surface area (Å²) in [5, 5.41) is 6.42. The van der Waals surface area contributed by atoms with E-state index in [0.717, 1.165) is 31.2 Å². The summed E-state index contributed by atoms with van der Waals surface area (Å²) in [6.07, 6.45) is 4.17. The lowest BCUT2D eigenvalue weighted by atomic mass is 9.96. The summed E-state index contributed by atoms with van der Waals surface area (Å²) in [4.78, 5) is 41.1. The van der Waals surface area contributed by atoms with E-state index in [0.29, 0.717) is 23.0 Å². The number of fused-ring (bicyclic) bond motifs is 1. The van der Waals surface area contributed by atoms with Gasteiger partial charge in [-0.1, -0.05) is 0 Å². The number of carbonyl (C=O) groups is 3. The van der Waals surface area contributed by atoms with Crippen molar-refractivity contribution >= 4 is 45.7 Å². The summed E-state index contributed by atoms with van der Waals surface area (Å²) in [6, 6.07) is 0. The third kappa shape index (κ3) is 5.14. The van der Waals surface area contributed by atoms with E-state index in [2.05, 4.69) is 10.3 Å². The maximum Gasteiger partial charge on any atom is 0.339 e. The molecule has 27 heavy (non-hydrogen) atoms. The van der Waals surface area contributed by atoms with Gasteiger partial charge in [0.1, 0.15) is 0 Å². The molecule has 144 valence electrons. The van der Waals surface area contributed by atoms with Gasteiger partial charge in [0.05, 0.1) is 24.3 Å². The number of thiazole rings is 1. The van der Waals surface area contributed by atoms with E-state index < -0.39 is 11.9 Å². The average molecular weight is 409 g/mol. The van der Waals surface area contributed by atoms with Gasteiger partial charge in [-0.15, -0.1) is 22.7 Å². The fraction of sp³-hybridized carbons (Fsp3) is 0.444. The first kappa shape index (κ1) is 19.5. The lowest BCUT2D eigenvalue weighted by molar-refractivity contribution is -0.142. The second-order valence-corrected chi connectivity index (χ2v) is 7.83. The highest BCUT2D eigenvalue weighted by molar-refractivity contribution is 7.14. The molecule has 3 rings (SSSR count). The van der Waals surface area contributed by atoms with Crippen molar-refractivity contribution in [3.63, 3.8) is 0 Å². The minimum absolute atomic E-state index is 0.0540. The van der Waals surface area contributed by atoms with Crippen LogP contribution in [-0.4, -0.2) is 36.0 Å². The molecule has 0 saturated carbocycles. The molecule has 1 aliphatic rings. The highest BCUT2D eigenvalue weighted by atomic mass is 32.1. The van der Waals surface area contributed by atoms with Gasteiger partial charge in [-0.05, 0) is 38.2 Å². The van der Waals surface area contributed by atoms with Crippen LogP contribution in [0.5, 0.6) is 0 Å². The first-order valence-electron chi connectivity index (χ1n) is 8.73. The Hall–Kier alpha value is -2.26. The Morgan fingerprint density at radius 3 is 2.78 bits per heavy atom. The number of hydrogen-bond donors (Lipinski definition) is 1. The maximum atomic E-state index is 12.3. The predicted molar refractivity (Wildman–Crippen MR) is 102 cm³/mol. The number of carbonyl (C=O) groups excluding carboxylic acids is 3. The van der Waals surface area contributed by atoms with Crippen LogP contribution in [0.4, 0.5) is 5.13 Å². The number of thiophene rings is 1. The number of hydrogen-bond acceptors (Lipinski definition) is 8. The molecule has 0 radical (unpaired) electrons. The summed E-state index contributed by atoms with van der Waals surface area (Å²) < 4.78 is 10.0. The van der Waals surface area contributed by atoms with Gasteiger partial charge in [-0.2, -0.15) is 0 Å². The minimum Gasteiger partial charge on any atom is -0.466 e. The van der Waals surface area contributed by atoms with Crippen LogP contribution < -0.4 is 5.32 Å². The molecule has 1 N–H and O–H groups in total. The number of aryl methyl sites for hydroxylation is 1. The molecule has 0 atom stereocenters. The molecule has 0 aromatic carbocycles. The Morgan fingerprint density at radius 1 is 1.15 bits per heavy atom. The highest BCUT2D eigenvalue weighted by Gasteiger charge is 2.21.